The first kappa shape index (κ1) is 16.7. The van der Waals surface area contributed by atoms with Crippen LogP contribution in [0, 0.1) is 5.92 Å². The minimum atomic E-state index is 0.0245. The lowest BCUT2D eigenvalue weighted by Crippen LogP contribution is -2.19. The van der Waals surface area contributed by atoms with E-state index < -0.39 is 0 Å². The van der Waals surface area contributed by atoms with Crippen molar-refractivity contribution in [3.8, 4) is 0 Å². The van der Waals surface area contributed by atoms with Crippen molar-refractivity contribution in [3.05, 3.63) is 29.8 Å². The average Bonchev–Trinajstić information content (AvgIpc) is 2.36. The maximum absolute atomic E-state index is 12.1. The fraction of sp³-hybridized carbons (Fsp3) is 0.588. The highest BCUT2D eigenvalue weighted by Crippen LogP contribution is 2.29. The molecule has 0 heterocycles. The third-order valence-electron chi connectivity index (χ3n) is 3.53. The maximum Gasteiger partial charge on any atom is 0.224 e. The average molecular weight is 276 g/mol. The van der Waals surface area contributed by atoms with E-state index in [4.69, 9.17) is 5.73 Å². The van der Waals surface area contributed by atoms with Crippen LogP contribution < -0.4 is 11.1 Å². The van der Waals surface area contributed by atoms with Gasteiger partial charge in [0.25, 0.3) is 0 Å². The predicted octanol–water partition coefficient (Wildman–Crippen LogP) is 3.69. The predicted molar refractivity (Wildman–Crippen MR) is 85.8 cm³/mol. The Labute approximate surface area is 122 Å². The molecule has 1 rings (SSSR count). The van der Waals surface area contributed by atoms with Crippen LogP contribution >= 0.6 is 0 Å². The second-order valence-electron chi connectivity index (χ2n) is 6.56. The Kier molecular flexibility index (Phi) is 6.21. The van der Waals surface area contributed by atoms with Gasteiger partial charge in [-0.15, -0.1) is 0 Å². The van der Waals surface area contributed by atoms with Gasteiger partial charge in [0.1, 0.15) is 0 Å². The van der Waals surface area contributed by atoms with Gasteiger partial charge in [-0.05, 0) is 42.3 Å². The molecule has 0 aromatic heterocycles. The molecule has 0 aliphatic heterocycles. The van der Waals surface area contributed by atoms with Crippen molar-refractivity contribution in [2.45, 2.75) is 52.4 Å². The Morgan fingerprint density at radius 2 is 1.90 bits per heavy atom. The first-order valence-corrected chi connectivity index (χ1v) is 7.44. The summed E-state index contributed by atoms with van der Waals surface area (Å²) in [5, 5.41) is 3.04. The minimum absolute atomic E-state index is 0.0245. The normalized spacial score (nSPS) is 13.1. The van der Waals surface area contributed by atoms with Gasteiger partial charge in [0.15, 0.2) is 0 Å². The second-order valence-corrected chi connectivity index (χ2v) is 6.56. The molecule has 1 amide bonds. The standard InChI is InChI=1S/C17H28N2O/c1-13(11-12-18)9-10-16(20)19-15-8-6-5-7-14(15)17(2,3)4/h5-8,13H,9-12,18H2,1-4H3,(H,19,20). The van der Waals surface area contributed by atoms with E-state index in [2.05, 4.69) is 39.1 Å². The molecule has 20 heavy (non-hydrogen) atoms. The largest absolute Gasteiger partial charge is 0.330 e. The third-order valence-corrected chi connectivity index (χ3v) is 3.53. The molecule has 0 fully saturated rings. The molecule has 0 aliphatic carbocycles. The number of carbonyl (C=O) groups is 1. The molecule has 0 bridgehead atoms. The fourth-order valence-electron chi connectivity index (χ4n) is 2.27. The Morgan fingerprint density at radius 3 is 2.50 bits per heavy atom. The summed E-state index contributed by atoms with van der Waals surface area (Å²) in [7, 11) is 0. The highest BCUT2D eigenvalue weighted by atomic mass is 16.1. The fourth-order valence-corrected chi connectivity index (χ4v) is 2.27. The van der Waals surface area contributed by atoms with Crippen LogP contribution in [0.4, 0.5) is 5.69 Å². The molecule has 3 nitrogen and oxygen atoms in total. The summed E-state index contributed by atoms with van der Waals surface area (Å²) in [6.07, 6.45) is 2.42. The number of nitrogens with one attached hydrogen (secondary N) is 1. The number of benzene rings is 1. The molecule has 0 radical (unpaired) electrons. The molecule has 112 valence electrons. The van der Waals surface area contributed by atoms with Crippen LogP contribution in [0.1, 0.15) is 52.5 Å². The van der Waals surface area contributed by atoms with Gasteiger partial charge in [0.05, 0.1) is 0 Å². The second kappa shape index (κ2) is 7.44. The van der Waals surface area contributed by atoms with Crippen LogP contribution in [0.25, 0.3) is 0 Å². The molecule has 3 heteroatoms. The van der Waals surface area contributed by atoms with Crippen LogP contribution in [0.2, 0.25) is 0 Å². The van der Waals surface area contributed by atoms with Gasteiger partial charge in [-0.25, -0.2) is 0 Å². The molecule has 3 N–H and O–H groups in total. The summed E-state index contributed by atoms with van der Waals surface area (Å²) in [6, 6.07) is 8.02. The SMILES string of the molecule is CC(CCN)CCC(=O)Nc1ccccc1C(C)(C)C. The molecule has 1 aromatic carbocycles. The molecular weight excluding hydrogens is 248 g/mol. The lowest BCUT2D eigenvalue weighted by atomic mass is 9.86. The molecule has 1 aromatic rings. The van der Waals surface area contributed by atoms with Crippen molar-refractivity contribution in [1.29, 1.82) is 0 Å². The number of hydrogen-bond donors (Lipinski definition) is 2. The zero-order chi connectivity index (χ0) is 15.2. The molecule has 0 saturated heterocycles. The van der Waals surface area contributed by atoms with E-state index in [1.54, 1.807) is 0 Å². The van der Waals surface area contributed by atoms with Crippen molar-refractivity contribution in [1.82, 2.24) is 0 Å². The number of hydrogen-bond acceptors (Lipinski definition) is 2. The minimum Gasteiger partial charge on any atom is -0.330 e. The molecular formula is C17H28N2O. The molecule has 1 unspecified atom stereocenters. The monoisotopic (exact) mass is 276 g/mol. The Bertz CT molecular complexity index is 435. The van der Waals surface area contributed by atoms with Gasteiger partial charge in [-0.2, -0.15) is 0 Å². The summed E-state index contributed by atoms with van der Waals surface area (Å²) in [5.41, 5.74) is 7.65. The lowest BCUT2D eigenvalue weighted by Gasteiger charge is -2.23. The van der Waals surface area contributed by atoms with Gasteiger partial charge >= 0.3 is 0 Å². The molecule has 0 spiro atoms. The zero-order valence-electron chi connectivity index (χ0n) is 13.2. The van der Waals surface area contributed by atoms with E-state index in [0.717, 1.165) is 18.5 Å². The van der Waals surface area contributed by atoms with E-state index in [1.165, 1.54) is 5.56 Å². The first-order chi connectivity index (χ1) is 9.34. The third kappa shape index (κ3) is 5.33. The molecule has 0 saturated carbocycles. The smallest absolute Gasteiger partial charge is 0.224 e. The highest BCUT2D eigenvalue weighted by Gasteiger charge is 2.18. The van der Waals surface area contributed by atoms with E-state index in [1.807, 2.05) is 18.2 Å². The van der Waals surface area contributed by atoms with Crippen molar-refractivity contribution < 1.29 is 4.79 Å². The number of carbonyl (C=O) groups excluding carboxylic acids is 1. The van der Waals surface area contributed by atoms with Gasteiger partial charge in [-0.3, -0.25) is 4.79 Å². The summed E-state index contributed by atoms with van der Waals surface area (Å²) in [5.74, 6) is 0.592. The van der Waals surface area contributed by atoms with Crippen molar-refractivity contribution >= 4 is 11.6 Å². The highest BCUT2D eigenvalue weighted by molar-refractivity contribution is 5.91. The van der Waals surface area contributed by atoms with Crippen molar-refractivity contribution in [2.75, 3.05) is 11.9 Å². The summed E-state index contributed by atoms with van der Waals surface area (Å²) in [4.78, 5) is 12.1. The van der Waals surface area contributed by atoms with Gasteiger partial charge in [-0.1, -0.05) is 45.9 Å². The van der Waals surface area contributed by atoms with E-state index in [-0.39, 0.29) is 11.3 Å². The first-order valence-electron chi connectivity index (χ1n) is 7.44. The number of rotatable bonds is 6. The van der Waals surface area contributed by atoms with E-state index in [9.17, 15) is 4.79 Å². The Hall–Kier alpha value is -1.35. The lowest BCUT2D eigenvalue weighted by molar-refractivity contribution is -0.116. The number of para-hydroxylation sites is 1. The van der Waals surface area contributed by atoms with Gasteiger partial charge in [0.2, 0.25) is 5.91 Å². The molecule has 0 aliphatic rings. The Balaban J connectivity index is 2.63. The molecule has 1 atom stereocenters. The van der Waals surface area contributed by atoms with Crippen molar-refractivity contribution in [3.63, 3.8) is 0 Å². The van der Waals surface area contributed by atoms with Gasteiger partial charge < -0.3 is 11.1 Å². The van der Waals surface area contributed by atoms with Gasteiger partial charge in [0, 0.05) is 12.1 Å². The topological polar surface area (TPSA) is 55.1 Å². The van der Waals surface area contributed by atoms with Crippen LogP contribution in [-0.2, 0) is 10.2 Å². The summed E-state index contributed by atoms with van der Waals surface area (Å²) >= 11 is 0. The number of amides is 1. The number of nitrogens with two attached hydrogens (primary N) is 1. The number of anilines is 1. The summed E-state index contributed by atoms with van der Waals surface area (Å²) in [6.45, 7) is 9.29. The van der Waals surface area contributed by atoms with E-state index >= 15 is 0 Å². The van der Waals surface area contributed by atoms with Crippen molar-refractivity contribution in [2.24, 2.45) is 11.7 Å². The zero-order valence-corrected chi connectivity index (χ0v) is 13.2. The quantitative estimate of drug-likeness (QED) is 0.832. The van der Waals surface area contributed by atoms with Crippen LogP contribution in [0.15, 0.2) is 24.3 Å². The van der Waals surface area contributed by atoms with Crippen LogP contribution in [0.3, 0.4) is 0 Å². The maximum atomic E-state index is 12.1. The van der Waals surface area contributed by atoms with E-state index in [0.29, 0.717) is 18.9 Å². The Morgan fingerprint density at radius 1 is 1.25 bits per heavy atom. The van der Waals surface area contributed by atoms with Crippen LogP contribution in [0.5, 0.6) is 0 Å². The summed E-state index contributed by atoms with van der Waals surface area (Å²) < 4.78 is 0. The van der Waals surface area contributed by atoms with Crippen LogP contribution in [-0.4, -0.2) is 12.5 Å².